The molecule has 0 saturated heterocycles. The Labute approximate surface area is 119 Å². The molecule has 1 nitrogen and oxygen atoms in total. The second-order valence-electron chi connectivity index (χ2n) is 4.90. The molecule has 0 aromatic carbocycles. The molecule has 108 valence electrons. The summed E-state index contributed by atoms with van der Waals surface area (Å²) in [5, 5.41) is 0. The summed E-state index contributed by atoms with van der Waals surface area (Å²) in [6.07, 6.45) is 25.7. The summed E-state index contributed by atoms with van der Waals surface area (Å²) in [7, 11) is 0. The molecule has 0 N–H and O–H groups in total. The van der Waals surface area contributed by atoms with Crippen molar-refractivity contribution in [2.24, 2.45) is 0 Å². The molecule has 0 amide bonds. The van der Waals surface area contributed by atoms with Gasteiger partial charge >= 0.3 is 0 Å². The van der Waals surface area contributed by atoms with Crippen LogP contribution in [-0.2, 0) is 4.79 Å². The summed E-state index contributed by atoms with van der Waals surface area (Å²) in [5.74, 6) is 0. The van der Waals surface area contributed by atoms with Gasteiger partial charge in [0.05, 0.1) is 0 Å². The Hall–Kier alpha value is -1.11. The van der Waals surface area contributed by atoms with E-state index in [9.17, 15) is 4.79 Å². The van der Waals surface area contributed by atoms with E-state index in [2.05, 4.69) is 43.4 Å². The fraction of sp³-hybridized carbons (Fsp3) is 0.611. The first kappa shape index (κ1) is 17.9. The Kier molecular flexibility index (Phi) is 15.9. The lowest BCUT2D eigenvalue weighted by Gasteiger charge is -1.94. The third-order valence-corrected chi connectivity index (χ3v) is 3.02. The van der Waals surface area contributed by atoms with E-state index < -0.39 is 0 Å². The lowest BCUT2D eigenvalue weighted by Crippen LogP contribution is -1.78. The highest BCUT2D eigenvalue weighted by molar-refractivity contribution is 5.48. The van der Waals surface area contributed by atoms with Crippen LogP contribution in [0.4, 0.5) is 0 Å². The molecule has 0 spiro atoms. The summed E-state index contributed by atoms with van der Waals surface area (Å²) in [6.45, 7) is 2.23. The Morgan fingerprint density at radius 2 is 1.16 bits per heavy atom. The van der Waals surface area contributed by atoms with E-state index in [1.807, 2.05) is 0 Å². The molecule has 0 saturated carbocycles. The lowest BCUT2D eigenvalue weighted by atomic mass is 10.1. The quantitative estimate of drug-likeness (QED) is 0.234. The van der Waals surface area contributed by atoms with Crippen molar-refractivity contribution in [2.45, 2.75) is 71.1 Å². The molecular weight excluding hydrogens is 232 g/mol. The highest BCUT2D eigenvalue weighted by Gasteiger charge is 1.87. The van der Waals surface area contributed by atoms with Crippen LogP contribution in [0.2, 0.25) is 0 Å². The zero-order valence-corrected chi connectivity index (χ0v) is 12.5. The van der Waals surface area contributed by atoms with Gasteiger partial charge in [-0.25, -0.2) is 0 Å². The van der Waals surface area contributed by atoms with Crippen molar-refractivity contribution in [1.82, 2.24) is 0 Å². The summed E-state index contributed by atoms with van der Waals surface area (Å²) in [4.78, 5) is 10.1. The van der Waals surface area contributed by atoms with Gasteiger partial charge in [-0.2, -0.15) is 0 Å². The van der Waals surface area contributed by atoms with Gasteiger partial charge in [-0.1, -0.05) is 69.1 Å². The van der Waals surface area contributed by atoms with Crippen LogP contribution in [0.1, 0.15) is 71.1 Å². The van der Waals surface area contributed by atoms with Crippen LogP contribution in [-0.4, -0.2) is 6.29 Å². The highest BCUT2D eigenvalue weighted by atomic mass is 16.1. The van der Waals surface area contributed by atoms with E-state index in [1.54, 1.807) is 0 Å². The van der Waals surface area contributed by atoms with Crippen molar-refractivity contribution >= 4 is 6.29 Å². The van der Waals surface area contributed by atoms with E-state index in [0.717, 1.165) is 25.5 Å². The predicted molar refractivity (Wildman–Crippen MR) is 85.3 cm³/mol. The number of carbonyl (C=O) groups is 1. The van der Waals surface area contributed by atoms with E-state index >= 15 is 0 Å². The number of rotatable bonds is 13. The number of unbranched alkanes of at least 4 members (excludes halogenated alkanes) is 8. The molecule has 1 heteroatoms. The molecule has 0 heterocycles. The molecule has 0 aromatic heterocycles. The molecular formula is C18H30O. The van der Waals surface area contributed by atoms with Gasteiger partial charge in [0.1, 0.15) is 6.29 Å². The van der Waals surface area contributed by atoms with Crippen LogP contribution in [0.5, 0.6) is 0 Å². The summed E-state index contributed by atoms with van der Waals surface area (Å²) >= 11 is 0. The standard InChI is InChI=1S/C18H30O/c1-2-3-4-5-6-7-8-9-10-11-12-13-14-15-16-17-18-19/h6-11,18H,2-5,12-17H2,1H3. The first-order valence-corrected chi connectivity index (χ1v) is 7.83. The number of carbonyl (C=O) groups excluding carboxylic acids is 1. The largest absolute Gasteiger partial charge is 0.303 e. The molecule has 0 aliphatic heterocycles. The fourth-order valence-corrected chi connectivity index (χ4v) is 1.83. The van der Waals surface area contributed by atoms with Crippen LogP contribution in [0.15, 0.2) is 36.5 Å². The third kappa shape index (κ3) is 16.9. The zero-order valence-electron chi connectivity index (χ0n) is 12.5. The average Bonchev–Trinajstić information content (AvgIpc) is 2.43. The summed E-state index contributed by atoms with van der Waals surface area (Å²) in [6, 6.07) is 0. The Morgan fingerprint density at radius 1 is 0.632 bits per heavy atom. The second kappa shape index (κ2) is 16.9. The monoisotopic (exact) mass is 262 g/mol. The van der Waals surface area contributed by atoms with E-state index in [4.69, 9.17) is 0 Å². The fourth-order valence-electron chi connectivity index (χ4n) is 1.83. The molecule has 0 atom stereocenters. The van der Waals surface area contributed by atoms with Crippen LogP contribution >= 0.6 is 0 Å². The van der Waals surface area contributed by atoms with Crippen molar-refractivity contribution in [1.29, 1.82) is 0 Å². The third-order valence-electron chi connectivity index (χ3n) is 3.02. The second-order valence-corrected chi connectivity index (χ2v) is 4.90. The van der Waals surface area contributed by atoms with Crippen molar-refractivity contribution in [3.63, 3.8) is 0 Å². The Balaban J connectivity index is 3.29. The topological polar surface area (TPSA) is 17.1 Å². The average molecular weight is 262 g/mol. The Morgan fingerprint density at radius 3 is 1.68 bits per heavy atom. The van der Waals surface area contributed by atoms with E-state index in [-0.39, 0.29) is 0 Å². The van der Waals surface area contributed by atoms with Gasteiger partial charge in [0.15, 0.2) is 0 Å². The molecule has 19 heavy (non-hydrogen) atoms. The van der Waals surface area contributed by atoms with Gasteiger partial charge in [0, 0.05) is 6.42 Å². The predicted octanol–water partition coefficient (Wildman–Crippen LogP) is 5.77. The molecule has 0 aromatic rings. The van der Waals surface area contributed by atoms with Gasteiger partial charge in [-0.05, 0) is 32.1 Å². The summed E-state index contributed by atoms with van der Waals surface area (Å²) in [5.41, 5.74) is 0. The minimum atomic E-state index is 0.725. The SMILES string of the molecule is CCCCCC=CC=CC=CCCCCCCC=O. The number of hydrogen-bond donors (Lipinski definition) is 0. The van der Waals surface area contributed by atoms with Crippen molar-refractivity contribution in [3.05, 3.63) is 36.5 Å². The van der Waals surface area contributed by atoms with Gasteiger partial charge in [0.25, 0.3) is 0 Å². The maximum Gasteiger partial charge on any atom is 0.119 e. The van der Waals surface area contributed by atoms with Crippen molar-refractivity contribution in [2.75, 3.05) is 0 Å². The van der Waals surface area contributed by atoms with Crippen LogP contribution in [0.3, 0.4) is 0 Å². The first-order valence-electron chi connectivity index (χ1n) is 7.83. The lowest BCUT2D eigenvalue weighted by molar-refractivity contribution is -0.107. The maximum absolute atomic E-state index is 10.1. The maximum atomic E-state index is 10.1. The number of hydrogen-bond acceptors (Lipinski definition) is 1. The normalized spacial score (nSPS) is 12.1. The van der Waals surface area contributed by atoms with Gasteiger partial charge in [0.2, 0.25) is 0 Å². The van der Waals surface area contributed by atoms with Crippen LogP contribution in [0.25, 0.3) is 0 Å². The van der Waals surface area contributed by atoms with Gasteiger partial charge < -0.3 is 4.79 Å². The number of aldehydes is 1. The molecule has 0 aliphatic carbocycles. The molecule has 0 rings (SSSR count). The van der Waals surface area contributed by atoms with Gasteiger partial charge in [-0.3, -0.25) is 0 Å². The number of allylic oxidation sites excluding steroid dienone is 6. The highest BCUT2D eigenvalue weighted by Crippen LogP contribution is 2.05. The minimum Gasteiger partial charge on any atom is -0.303 e. The first-order chi connectivity index (χ1) is 9.41. The Bertz CT molecular complexity index is 261. The molecule has 0 fully saturated rings. The van der Waals surface area contributed by atoms with Crippen LogP contribution in [0, 0.1) is 0 Å². The van der Waals surface area contributed by atoms with Gasteiger partial charge in [-0.15, -0.1) is 0 Å². The van der Waals surface area contributed by atoms with Crippen molar-refractivity contribution < 1.29 is 4.79 Å². The molecule has 0 bridgehead atoms. The smallest absolute Gasteiger partial charge is 0.119 e. The zero-order chi connectivity index (χ0) is 14.0. The van der Waals surface area contributed by atoms with E-state index in [1.165, 1.54) is 44.9 Å². The van der Waals surface area contributed by atoms with E-state index in [0.29, 0.717) is 0 Å². The molecule has 0 unspecified atom stereocenters. The van der Waals surface area contributed by atoms with Crippen molar-refractivity contribution in [3.8, 4) is 0 Å². The molecule has 0 aliphatic rings. The molecule has 0 radical (unpaired) electrons. The minimum absolute atomic E-state index is 0.725. The van der Waals surface area contributed by atoms with Crippen LogP contribution < -0.4 is 0 Å². The summed E-state index contributed by atoms with van der Waals surface area (Å²) < 4.78 is 0.